The summed E-state index contributed by atoms with van der Waals surface area (Å²) in [5.41, 5.74) is 1.11. The molecule has 5 atom stereocenters. The minimum atomic E-state index is -1.14. The number of Topliss-reactive ketones (excluding diaryl/α,β-unsaturated/α-hetero) is 1. The van der Waals surface area contributed by atoms with Crippen molar-refractivity contribution in [1.82, 2.24) is 31.5 Å². The summed E-state index contributed by atoms with van der Waals surface area (Å²) in [6.07, 6.45) is 1.61. The largest absolute Gasteiger partial charge is 0.469 e. The van der Waals surface area contributed by atoms with Crippen molar-refractivity contribution in [3.05, 3.63) is 71.8 Å². The summed E-state index contributed by atoms with van der Waals surface area (Å²) < 4.78 is 4.73. The molecule has 2 aromatic rings. The number of benzene rings is 2. The molecule has 0 unspecified atom stereocenters. The van der Waals surface area contributed by atoms with Gasteiger partial charge in [-0.25, -0.2) is 0 Å². The van der Waals surface area contributed by atoms with Crippen LogP contribution in [0.3, 0.4) is 0 Å². The van der Waals surface area contributed by atoms with Gasteiger partial charge in [0.1, 0.15) is 18.1 Å². The highest BCUT2D eigenvalue weighted by atomic mass is 16.5. The first-order chi connectivity index (χ1) is 27.2. The maximum atomic E-state index is 13.8. The van der Waals surface area contributed by atoms with Crippen LogP contribution in [0.2, 0.25) is 0 Å². The number of ketones is 1. The molecule has 15 heteroatoms. The van der Waals surface area contributed by atoms with Crippen LogP contribution in [0.4, 0.5) is 0 Å². The first kappa shape index (κ1) is 48.0. The Morgan fingerprint density at radius 2 is 1.33 bits per heavy atom. The average Bonchev–Trinajstić information content (AvgIpc) is 3.20. The Hall–Kier alpha value is -5.15. The third-order valence-electron chi connectivity index (χ3n) is 9.49. The van der Waals surface area contributed by atoms with E-state index in [1.54, 1.807) is 54.6 Å². The van der Waals surface area contributed by atoms with Crippen molar-refractivity contribution in [2.45, 2.75) is 97.3 Å². The molecule has 0 saturated carbocycles. The van der Waals surface area contributed by atoms with Gasteiger partial charge in [-0.2, -0.15) is 0 Å². The van der Waals surface area contributed by atoms with Crippen molar-refractivity contribution in [3.63, 3.8) is 0 Å². The molecule has 15 nitrogen and oxygen atoms in total. The van der Waals surface area contributed by atoms with E-state index in [0.717, 1.165) is 31.6 Å². The maximum absolute atomic E-state index is 13.8. The second kappa shape index (κ2) is 25.9. The first-order valence-electron chi connectivity index (χ1n) is 19.7. The Labute approximate surface area is 336 Å². The number of methoxy groups -OCH3 is 1. The number of aliphatic hydroxyl groups is 1. The third kappa shape index (κ3) is 17.7. The number of hydrogen-bond donors (Lipinski definition) is 6. The van der Waals surface area contributed by atoms with Crippen LogP contribution in [0.1, 0.15) is 82.6 Å². The maximum Gasteiger partial charge on any atom is 0.311 e. The van der Waals surface area contributed by atoms with Gasteiger partial charge in [-0.3, -0.25) is 33.6 Å². The van der Waals surface area contributed by atoms with Gasteiger partial charge in [0.25, 0.3) is 5.91 Å². The number of nitrogens with one attached hydrogen (secondary N) is 5. The van der Waals surface area contributed by atoms with E-state index in [1.165, 1.54) is 14.0 Å². The number of carbonyl (C=O) groups is 7. The van der Waals surface area contributed by atoms with Crippen molar-refractivity contribution >= 4 is 41.3 Å². The minimum Gasteiger partial charge on any atom is -0.469 e. The molecule has 6 N–H and O–H groups in total. The predicted octanol–water partition coefficient (Wildman–Crippen LogP) is 1.92. The summed E-state index contributed by atoms with van der Waals surface area (Å²) in [4.78, 5) is 94.2. The van der Waals surface area contributed by atoms with Gasteiger partial charge >= 0.3 is 5.97 Å². The molecule has 0 aromatic heterocycles. The van der Waals surface area contributed by atoms with Crippen LogP contribution in [-0.2, 0) is 39.9 Å². The number of amides is 5. The Bertz CT molecular complexity index is 1590. The lowest BCUT2D eigenvalue weighted by molar-refractivity contribution is -0.149. The number of rotatable bonds is 26. The summed E-state index contributed by atoms with van der Waals surface area (Å²) in [5.74, 6) is -5.33. The van der Waals surface area contributed by atoms with E-state index in [2.05, 4.69) is 45.3 Å². The smallest absolute Gasteiger partial charge is 0.311 e. The molecule has 314 valence electrons. The van der Waals surface area contributed by atoms with Gasteiger partial charge in [0.2, 0.25) is 23.6 Å². The normalized spacial score (nSPS) is 13.7. The van der Waals surface area contributed by atoms with Crippen LogP contribution >= 0.6 is 0 Å². The highest BCUT2D eigenvalue weighted by molar-refractivity contribution is 5.98. The zero-order chi connectivity index (χ0) is 42.3. The van der Waals surface area contributed by atoms with Crippen molar-refractivity contribution in [2.24, 2.45) is 11.8 Å². The first-order valence-corrected chi connectivity index (χ1v) is 19.7. The van der Waals surface area contributed by atoms with Crippen LogP contribution in [0.25, 0.3) is 0 Å². The molecular weight excluding hydrogens is 732 g/mol. The highest BCUT2D eigenvalue weighted by Gasteiger charge is 2.32. The van der Waals surface area contributed by atoms with Gasteiger partial charge in [-0.15, -0.1) is 0 Å². The van der Waals surface area contributed by atoms with Crippen molar-refractivity contribution < 1.29 is 43.4 Å². The molecular formula is C42H62N6O9. The number of ether oxygens (including phenoxy) is 1. The van der Waals surface area contributed by atoms with Crippen LogP contribution in [0, 0.1) is 11.8 Å². The number of nitrogens with zero attached hydrogens (tertiary/aromatic N) is 1. The number of hydrogen-bond acceptors (Lipinski definition) is 10. The van der Waals surface area contributed by atoms with Crippen LogP contribution in [0.5, 0.6) is 0 Å². The average molecular weight is 795 g/mol. The van der Waals surface area contributed by atoms with E-state index in [9.17, 15) is 38.7 Å². The van der Waals surface area contributed by atoms with Crippen LogP contribution in [0.15, 0.2) is 60.7 Å². The molecule has 0 radical (unpaired) electrons. The van der Waals surface area contributed by atoms with Crippen molar-refractivity contribution in [3.8, 4) is 0 Å². The van der Waals surface area contributed by atoms with Crippen LogP contribution < -0.4 is 26.6 Å². The summed E-state index contributed by atoms with van der Waals surface area (Å²) in [5, 5.41) is 23.1. The van der Waals surface area contributed by atoms with E-state index in [4.69, 9.17) is 4.74 Å². The number of unbranched alkanes of at least 4 members (excludes halogenated alkanes) is 1. The molecule has 0 aliphatic carbocycles. The fourth-order valence-corrected chi connectivity index (χ4v) is 6.12. The molecule has 0 spiro atoms. The third-order valence-corrected chi connectivity index (χ3v) is 9.49. The second-order valence-electron chi connectivity index (χ2n) is 14.4. The molecule has 2 rings (SSSR count). The molecule has 0 bridgehead atoms. The lowest BCUT2D eigenvalue weighted by Crippen LogP contribution is -2.57. The van der Waals surface area contributed by atoms with Crippen LogP contribution in [-0.4, -0.2) is 115 Å². The van der Waals surface area contributed by atoms with E-state index >= 15 is 0 Å². The number of carbonyl (C=O) groups excluding carboxylic acids is 7. The zero-order valence-corrected chi connectivity index (χ0v) is 34.2. The van der Waals surface area contributed by atoms with Gasteiger partial charge in [0, 0.05) is 18.4 Å². The summed E-state index contributed by atoms with van der Waals surface area (Å²) in [6.45, 7) is 10.9. The Balaban J connectivity index is 2.17. The molecule has 0 heterocycles. The van der Waals surface area contributed by atoms with E-state index in [0.29, 0.717) is 12.0 Å². The molecule has 0 saturated heterocycles. The van der Waals surface area contributed by atoms with E-state index < -0.39 is 84.5 Å². The van der Waals surface area contributed by atoms with Crippen molar-refractivity contribution in [1.29, 1.82) is 0 Å². The molecule has 57 heavy (non-hydrogen) atoms. The van der Waals surface area contributed by atoms with Gasteiger partial charge in [-0.1, -0.05) is 76.2 Å². The highest BCUT2D eigenvalue weighted by Crippen LogP contribution is 2.14. The topological polar surface area (TPSA) is 212 Å². The summed E-state index contributed by atoms with van der Waals surface area (Å²) >= 11 is 0. The van der Waals surface area contributed by atoms with Crippen molar-refractivity contribution in [2.75, 3.05) is 39.9 Å². The molecule has 0 fully saturated rings. The molecule has 5 amide bonds. The Morgan fingerprint density at radius 3 is 1.91 bits per heavy atom. The standard InChI is InChI=1S/C42H62N6O9/c1-7-48(8-2)22-16-15-21-33(36(50)25-32(27-49)42(56)57-6)46-41(55)34(23-28(3)4)47-38(52)29(5)44-40(54)35(24-30-17-11-9-12-18-30)45-37(51)26-43-39(53)31-19-13-10-14-20-31/h9-14,17-20,28-29,32-35,49H,7-8,15-16,21-27H2,1-6H3,(H,43,53)(H,44,54)(H,45,51)(H,46,55)(H,47,52)/t29-,32-,33-,34-,35-/m0/s1. The molecule has 2 aromatic carbocycles. The number of esters is 1. The Kier molecular flexibility index (Phi) is 21.8. The van der Waals surface area contributed by atoms with Gasteiger partial charge in [0.15, 0.2) is 5.78 Å². The van der Waals surface area contributed by atoms with Gasteiger partial charge in [0.05, 0.1) is 32.2 Å². The zero-order valence-electron chi connectivity index (χ0n) is 34.2. The summed E-state index contributed by atoms with van der Waals surface area (Å²) in [7, 11) is 1.17. The SMILES string of the molecule is CCN(CC)CCCC[C@H](NC(=O)[C@H](CC(C)C)NC(=O)[C@H](C)NC(=O)[C@H](Cc1ccccc1)NC(=O)CNC(=O)c1ccccc1)C(=O)C[C@@H](CO)C(=O)OC. The number of aliphatic hydroxyl groups excluding tert-OH is 1. The van der Waals surface area contributed by atoms with E-state index in [-0.39, 0.29) is 31.6 Å². The minimum absolute atomic E-state index is 0.0555. The Morgan fingerprint density at radius 1 is 0.737 bits per heavy atom. The molecule has 0 aliphatic heterocycles. The molecule has 0 aliphatic rings. The monoisotopic (exact) mass is 794 g/mol. The predicted molar refractivity (Wildman–Crippen MR) is 216 cm³/mol. The lowest BCUT2D eigenvalue weighted by Gasteiger charge is -2.27. The van der Waals surface area contributed by atoms with Gasteiger partial charge < -0.3 is 41.3 Å². The fraction of sp³-hybridized carbons (Fsp3) is 0.548. The summed E-state index contributed by atoms with van der Waals surface area (Å²) in [6, 6.07) is 13.0. The quantitative estimate of drug-likeness (QED) is 0.0602. The second-order valence-corrected chi connectivity index (χ2v) is 14.4. The fourth-order valence-electron chi connectivity index (χ4n) is 6.12. The van der Waals surface area contributed by atoms with Gasteiger partial charge in [-0.05, 0) is 75.9 Å². The lowest BCUT2D eigenvalue weighted by atomic mass is 9.95. The van der Waals surface area contributed by atoms with E-state index in [1.807, 2.05) is 19.9 Å².